The Morgan fingerprint density at radius 3 is 1.34 bits per heavy atom. The number of hydrogen-bond donors (Lipinski definition) is 0. The van der Waals surface area contributed by atoms with E-state index in [9.17, 15) is 0 Å². The smallest absolute Gasteiger partial charge is 0.0734 e. The summed E-state index contributed by atoms with van der Waals surface area (Å²) in [6.07, 6.45) is 19.4. The Morgan fingerprint density at radius 2 is 0.775 bits per heavy atom. The monoisotopic (exact) mass is 1060 g/mol. The van der Waals surface area contributed by atoms with Gasteiger partial charge in [0.15, 0.2) is 0 Å². The van der Waals surface area contributed by atoms with Crippen LogP contribution in [0.5, 0.6) is 0 Å². The lowest BCUT2D eigenvalue weighted by molar-refractivity contribution is 0.673. The van der Waals surface area contributed by atoms with Gasteiger partial charge in [0, 0.05) is 0 Å². The van der Waals surface area contributed by atoms with E-state index < -0.39 is 28.8 Å². The molecule has 2 aliphatic heterocycles. The van der Waals surface area contributed by atoms with Crippen LogP contribution in [0.3, 0.4) is 0 Å². The van der Waals surface area contributed by atoms with Crippen LogP contribution in [0.1, 0.15) is 81.3 Å². The SMILES string of the molecule is CP1C2=C(CCC=C2)C2(C3=C1CCC=C3)c1ccccc1-c1c(-c3cccc(C4(c5cccc(-c6cccc7c6-c6ccccc6C76c7ccccc7S(C)(C)c7ccccc76)c5)c5ccccc5-c5ccccc54)c3)cccc12. The normalized spacial score (nSPS) is 20.4. The van der Waals surface area contributed by atoms with Crippen LogP contribution in [0.25, 0.3) is 55.6 Å². The van der Waals surface area contributed by atoms with Crippen molar-refractivity contribution in [1.82, 2.24) is 0 Å². The van der Waals surface area contributed by atoms with E-state index >= 15 is 0 Å². The molecular weight excluding hydrogens is 1000 g/mol. The highest BCUT2D eigenvalue weighted by Gasteiger charge is 2.55. The molecule has 80 heavy (non-hydrogen) atoms. The fourth-order valence-electron chi connectivity index (χ4n) is 16.9. The van der Waals surface area contributed by atoms with Gasteiger partial charge < -0.3 is 0 Å². The molecule has 0 aromatic heterocycles. The third-order valence-corrected chi connectivity index (χ3v) is 25.2. The first-order valence-electron chi connectivity index (χ1n) is 28.7. The fourth-order valence-corrected chi connectivity index (χ4v) is 21.9. The third-order valence-electron chi connectivity index (χ3n) is 19.9. The lowest BCUT2D eigenvalue weighted by Crippen LogP contribution is -2.35. The minimum atomic E-state index is -1.29. The molecule has 2 heterocycles. The molecule has 0 nitrogen and oxygen atoms in total. The molecule has 0 radical (unpaired) electrons. The number of allylic oxidation sites excluding steroid dienone is 8. The van der Waals surface area contributed by atoms with E-state index in [0.717, 1.165) is 25.7 Å². The number of fused-ring (bicyclic) bond motifs is 19. The van der Waals surface area contributed by atoms with Crippen molar-refractivity contribution in [2.24, 2.45) is 0 Å². The van der Waals surface area contributed by atoms with E-state index in [-0.39, 0.29) is 5.41 Å². The molecule has 10 aromatic carbocycles. The molecule has 7 aliphatic rings. The maximum absolute atomic E-state index is 2.57. The van der Waals surface area contributed by atoms with Gasteiger partial charge in [-0.05, 0) is 212 Å². The highest BCUT2D eigenvalue weighted by molar-refractivity contribution is 8.32. The van der Waals surface area contributed by atoms with Crippen LogP contribution in [0.15, 0.2) is 286 Å². The number of hydrogen-bond acceptors (Lipinski definition) is 0. The molecular formula is C78H59PS. The summed E-state index contributed by atoms with van der Waals surface area (Å²) in [5.41, 5.74) is 28.6. The van der Waals surface area contributed by atoms with Gasteiger partial charge in [0.05, 0.1) is 16.2 Å². The van der Waals surface area contributed by atoms with E-state index in [1.807, 2.05) is 0 Å². The lowest BCUT2D eigenvalue weighted by atomic mass is 9.63. The Hall–Kier alpha value is -8.06. The van der Waals surface area contributed by atoms with Crippen molar-refractivity contribution >= 4 is 17.9 Å². The summed E-state index contributed by atoms with van der Waals surface area (Å²) < 4.78 is 0. The van der Waals surface area contributed by atoms with E-state index in [4.69, 9.17) is 0 Å². The Morgan fingerprint density at radius 1 is 0.362 bits per heavy atom. The van der Waals surface area contributed by atoms with Crippen LogP contribution in [0.2, 0.25) is 0 Å². The van der Waals surface area contributed by atoms with Gasteiger partial charge in [-0.15, -0.1) is 0 Å². The molecule has 2 spiro atoms. The molecule has 0 saturated carbocycles. The van der Waals surface area contributed by atoms with Crippen molar-refractivity contribution in [3.63, 3.8) is 0 Å². The zero-order valence-corrected chi connectivity index (χ0v) is 47.1. The molecule has 0 amide bonds. The maximum Gasteiger partial charge on any atom is 0.0734 e. The Labute approximate surface area is 473 Å². The predicted molar refractivity (Wildman–Crippen MR) is 338 cm³/mol. The maximum atomic E-state index is 2.57. The first-order valence-corrected chi connectivity index (χ1v) is 33.0. The molecule has 2 heteroatoms. The van der Waals surface area contributed by atoms with E-state index in [0.29, 0.717) is 0 Å². The largest absolute Gasteiger partial charge is 0.193 e. The molecule has 2 atom stereocenters. The van der Waals surface area contributed by atoms with E-state index in [1.165, 1.54) is 121 Å². The molecule has 10 aromatic rings. The van der Waals surface area contributed by atoms with Crippen LogP contribution in [0, 0.1) is 0 Å². The standard InChI is InChI=1S/C78H59PS/c1-79-70-44-16-12-38-64(70)77(65-39-13-17-45-71(65)79)62-36-10-6-30-58(62)74-54(32-22-42-68(74)77)50-24-20-26-52(48-50)76(60-34-8-4-28-56(60)57-29-5-9-35-61(57)76)53-27-21-25-51(49-53)55-33-23-43-69-75(55)59-31-7-11-37-63(59)78(69)66-40-14-18-46-72(66)80(2,3)73-47-19-15-41-67(73)78/h4-12,14-15,17-38,40-43,45-49H,13,16,39,44H2,1-3H3. The molecule has 0 fully saturated rings. The molecule has 0 bridgehead atoms. The lowest BCUT2D eigenvalue weighted by Gasteiger charge is -2.49. The molecule has 17 rings (SSSR count). The second-order valence-corrected chi connectivity index (χ2v) is 29.2. The minimum Gasteiger partial charge on any atom is -0.193 e. The van der Waals surface area contributed by atoms with Gasteiger partial charge in [0.2, 0.25) is 0 Å². The minimum absolute atomic E-state index is 0.301. The van der Waals surface area contributed by atoms with Gasteiger partial charge >= 0.3 is 0 Å². The fraction of sp³-hybridized carbons (Fsp3) is 0.128. The Bertz CT molecular complexity index is 4400. The average Bonchev–Trinajstić information content (AvgIpc) is 4.24. The summed E-state index contributed by atoms with van der Waals surface area (Å²) in [6, 6.07) is 89.9. The average molecular weight is 1060 g/mol. The van der Waals surface area contributed by atoms with Crippen molar-refractivity contribution in [2.75, 3.05) is 19.2 Å². The summed E-state index contributed by atoms with van der Waals surface area (Å²) in [6.45, 7) is 2.54. The molecule has 0 saturated heterocycles. The second kappa shape index (κ2) is 17.0. The van der Waals surface area contributed by atoms with Crippen molar-refractivity contribution in [3.05, 3.63) is 332 Å². The van der Waals surface area contributed by atoms with Crippen LogP contribution in [-0.2, 0) is 16.2 Å². The van der Waals surface area contributed by atoms with Crippen molar-refractivity contribution < 1.29 is 0 Å². The Kier molecular flexibility index (Phi) is 9.94. The quantitative estimate of drug-likeness (QED) is 0.154. The van der Waals surface area contributed by atoms with Crippen LogP contribution >= 0.6 is 17.9 Å². The van der Waals surface area contributed by atoms with Gasteiger partial charge in [-0.2, -0.15) is 10.0 Å². The van der Waals surface area contributed by atoms with E-state index in [2.05, 4.69) is 274 Å². The summed E-state index contributed by atoms with van der Waals surface area (Å²) in [5.74, 6) is 0. The van der Waals surface area contributed by atoms with Crippen molar-refractivity contribution in [1.29, 1.82) is 0 Å². The first-order chi connectivity index (χ1) is 39.4. The van der Waals surface area contributed by atoms with Gasteiger partial charge in [0.1, 0.15) is 0 Å². The zero-order valence-electron chi connectivity index (χ0n) is 45.4. The van der Waals surface area contributed by atoms with Gasteiger partial charge in [-0.1, -0.05) is 238 Å². The second-order valence-electron chi connectivity index (χ2n) is 23.5. The summed E-state index contributed by atoms with van der Waals surface area (Å²) in [5, 5.41) is 3.29. The van der Waals surface area contributed by atoms with Gasteiger partial charge in [-0.3, -0.25) is 0 Å². The Balaban J connectivity index is 0.893. The summed E-state index contributed by atoms with van der Waals surface area (Å²) in [4.78, 5) is 2.96. The topological polar surface area (TPSA) is 0 Å². The summed E-state index contributed by atoms with van der Waals surface area (Å²) >= 11 is 0. The van der Waals surface area contributed by atoms with Crippen molar-refractivity contribution in [2.45, 2.75) is 51.7 Å². The van der Waals surface area contributed by atoms with Crippen LogP contribution in [-0.4, -0.2) is 19.2 Å². The highest BCUT2D eigenvalue weighted by Crippen LogP contribution is 2.73. The van der Waals surface area contributed by atoms with Crippen LogP contribution in [0.4, 0.5) is 0 Å². The first kappa shape index (κ1) is 46.8. The van der Waals surface area contributed by atoms with E-state index in [1.54, 1.807) is 21.8 Å². The summed E-state index contributed by atoms with van der Waals surface area (Å²) in [7, 11) is -1.69. The molecule has 382 valence electrons. The van der Waals surface area contributed by atoms with Crippen molar-refractivity contribution in [3.8, 4) is 55.6 Å². The zero-order chi connectivity index (χ0) is 53.1. The molecule has 5 aliphatic carbocycles. The van der Waals surface area contributed by atoms with Gasteiger partial charge in [-0.25, -0.2) is 0 Å². The third kappa shape index (κ3) is 5.77. The predicted octanol–water partition coefficient (Wildman–Crippen LogP) is 20.1. The highest BCUT2D eigenvalue weighted by atomic mass is 32.3. The molecule has 2 unspecified atom stereocenters. The number of benzene rings is 10. The van der Waals surface area contributed by atoms with Crippen LogP contribution < -0.4 is 0 Å². The number of rotatable bonds is 4. The molecule has 0 N–H and O–H groups in total. The van der Waals surface area contributed by atoms with Gasteiger partial charge in [0.25, 0.3) is 0 Å².